The number of fused-ring (bicyclic) bond motifs is 2. The molecule has 1 nitrogen and oxygen atoms in total. The van der Waals surface area contributed by atoms with Gasteiger partial charge >= 0.3 is 0 Å². The Labute approximate surface area is 167 Å². The molecule has 1 heterocycles. The van der Waals surface area contributed by atoms with Gasteiger partial charge in [0.2, 0.25) is 0 Å². The summed E-state index contributed by atoms with van der Waals surface area (Å²) in [6.07, 6.45) is 14.7. The summed E-state index contributed by atoms with van der Waals surface area (Å²) in [5.74, 6) is 0. The zero-order chi connectivity index (χ0) is 18.9. The predicted molar refractivity (Wildman–Crippen MR) is 121 cm³/mol. The first-order valence-corrected chi connectivity index (χ1v) is 11.6. The van der Waals surface area contributed by atoms with Crippen LogP contribution in [0.5, 0.6) is 0 Å². The molecule has 0 bridgehead atoms. The Hall–Kier alpha value is -1.67. The fourth-order valence-electron chi connectivity index (χ4n) is 3.82. The van der Waals surface area contributed by atoms with Crippen LogP contribution in [0.4, 0.5) is 0 Å². The van der Waals surface area contributed by atoms with Crippen LogP contribution >= 0.6 is 11.3 Å². The van der Waals surface area contributed by atoms with E-state index >= 15 is 0 Å². The fourth-order valence-corrected chi connectivity index (χ4v) is 4.87. The molecule has 0 saturated heterocycles. The van der Waals surface area contributed by atoms with Gasteiger partial charge in [0.15, 0.2) is 5.43 Å². The van der Waals surface area contributed by atoms with Crippen LogP contribution in [0.15, 0.2) is 47.3 Å². The molecular formula is C25H32OS. The second-order valence-electron chi connectivity index (χ2n) is 7.69. The van der Waals surface area contributed by atoms with E-state index in [-0.39, 0.29) is 5.43 Å². The summed E-state index contributed by atoms with van der Waals surface area (Å²) >= 11 is 1.72. The van der Waals surface area contributed by atoms with E-state index in [1.165, 1.54) is 69.8 Å². The maximum atomic E-state index is 12.8. The van der Waals surface area contributed by atoms with E-state index in [4.69, 9.17) is 0 Å². The molecule has 144 valence electrons. The molecule has 2 heteroatoms. The van der Waals surface area contributed by atoms with Gasteiger partial charge in [0.1, 0.15) is 0 Å². The van der Waals surface area contributed by atoms with Crippen LogP contribution in [0.25, 0.3) is 20.2 Å². The number of hydrogen-bond donors (Lipinski definition) is 0. The molecule has 1 aromatic heterocycles. The highest BCUT2D eigenvalue weighted by atomic mass is 32.1. The monoisotopic (exact) mass is 380 g/mol. The smallest absolute Gasteiger partial charge is 0.195 e. The molecular weight excluding hydrogens is 348 g/mol. The number of hydrogen-bond acceptors (Lipinski definition) is 2. The largest absolute Gasteiger partial charge is 0.289 e. The maximum absolute atomic E-state index is 12.8. The Balaban J connectivity index is 1.48. The lowest BCUT2D eigenvalue weighted by molar-refractivity contribution is 0.556. The zero-order valence-corrected chi connectivity index (χ0v) is 17.5. The number of unbranched alkanes of at least 4 members (excludes halogenated alkanes) is 9. The van der Waals surface area contributed by atoms with E-state index in [1.807, 2.05) is 24.3 Å². The van der Waals surface area contributed by atoms with Gasteiger partial charge in [-0.05, 0) is 42.7 Å². The summed E-state index contributed by atoms with van der Waals surface area (Å²) in [4.78, 5) is 12.8. The van der Waals surface area contributed by atoms with Crippen molar-refractivity contribution in [2.75, 3.05) is 0 Å². The van der Waals surface area contributed by atoms with Crippen molar-refractivity contribution in [2.24, 2.45) is 0 Å². The van der Waals surface area contributed by atoms with Crippen molar-refractivity contribution >= 4 is 31.5 Å². The van der Waals surface area contributed by atoms with Crippen molar-refractivity contribution in [1.29, 1.82) is 0 Å². The lowest BCUT2D eigenvalue weighted by Gasteiger charge is -2.05. The zero-order valence-electron chi connectivity index (χ0n) is 16.6. The molecule has 0 radical (unpaired) electrons. The summed E-state index contributed by atoms with van der Waals surface area (Å²) in [5, 5.41) is 1.74. The molecule has 0 spiro atoms. The lowest BCUT2D eigenvalue weighted by Crippen LogP contribution is -2.01. The lowest BCUT2D eigenvalue weighted by atomic mass is 10.0. The van der Waals surface area contributed by atoms with E-state index in [0.29, 0.717) is 0 Å². The first-order chi connectivity index (χ1) is 13.3. The molecule has 0 aliphatic carbocycles. The van der Waals surface area contributed by atoms with Crippen LogP contribution in [0, 0.1) is 0 Å². The van der Waals surface area contributed by atoms with E-state index in [0.717, 1.165) is 26.6 Å². The van der Waals surface area contributed by atoms with Gasteiger partial charge in [-0.2, -0.15) is 0 Å². The molecule has 3 aromatic rings. The van der Waals surface area contributed by atoms with Gasteiger partial charge < -0.3 is 0 Å². The van der Waals surface area contributed by atoms with Crippen molar-refractivity contribution in [2.45, 2.75) is 77.6 Å². The first kappa shape index (κ1) is 20.1. The van der Waals surface area contributed by atoms with E-state index in [1.54, 1.807) is 11.3 Å². The molecule has 0 N–H and O–H groups in total. The fraction of sp³-hybridized carbons (Fsp3) is 0.480. The van der Waals surface area contributed by atoms with Gasteiger partial charge in [0.25, 0.3) is 0 Å². The molecule has 0 unspecified atom stereocenters. The van der Waals surface area contributed by atoms with Crippen molar-refractivity contribution in [3.8, 4) is 0 Å². The third-order valence-corrected chi connectivity index (χ3v) is 6.61. The summed E-state index contributed by atoms with van der Waals surface area (Å²) in [7, 11) is 0. The van der Waals surface area contributed by atoms with Crippen LogP contribution in [-0.4, -0.2) is 0 Å². The second kappa shape index (κ2) is 10.6. The summed E-state index contributed by atoms with van der Waals surface area (Å²) in [6.45, 7) is 2.27. The quantitative estimate of drug-likeness (QED) is 0.244. The highest BCUT2D eigenvalue weighted by molar-refractivity contribution is 7.24. The third kappa shape index (κ3) is 5.65. The molecule has 27 heavy (non-hydrogen) atoms. The van der Waals surface area contributed by atoms with Crippen molar-refractivity contribution < 1.29 is 0 Å². The standard InChI is InChI=1S/C25H32OS/c1-2-3-4-5-6-7-8-9-10-11-14-20-17-18-24-22(19-20)25(26)21-15-12-13-16-23(21)27-24/h12-13,15-19H,2-11,14H2,1H3. The van der Waals surface area contributed by atoms with Gasteiger partial charge in [-0.15, -0.1) is 11.3 Å². The minimum absolute atomic E-state index is 0.185. The Morgan fingerprint density at radius 1 is 0.704 bits per heavy atom. The van der Waals surface area contributed by atoms with Crippen molar-refractivity contribution in [3.63, 3.8) is 0 Å². The molecule has 0 aliphatic heterocycles. The van der Waals surface area contributed by atoms with Gasteiger partial charge in [0.05, 0.1) is 0 Å². The number of rotatable bonds is 11. The molecule has 2 aromatic carbocycles. The van der Waals surface area contributed by atoms with Crippen LogP contribution in [0.2, 0.25) is 0 Å². The normalized spacial score (nSPS) is 11.4. The molecule has 0 amide bonds. The van der Waals surface area contributed by atoms with Gasteiger partial charge in [-0.25, -0.2) is 0 Å². The van der Waals surface area contributed by atoms with E-state index < -0.39 is 0 Å². The average molecular weight is 381 g/mol. The SMILES string of the molecule is CCCCCCCCCCCCc1ccc2sc3ccccc3c(=O)c2c1. The van der Waals surface area contributed by atoms with Crippen molar-refractivity contribution in [1.82, 2.24) is 0 Å². The summed E-state index contributed by atoms with van der Waals surface area (Å²) < 4.78 is 2.18. The highest BCUT2D eigenvalue weighted by Gasteiger charge is 2.06. The average Bonchev–Trinajstić information content (AvgIpc) is 2.70. The van der Waals surface area contributed by atoms with Crippen LogP contribution in [0.3, 0.4) is 0 Å². The molecule has 0 fully saturated rings. The van der Waals surface area contributed by atoms with Crippen LogP contribution in [0.1, 0.15) is 76.7 Å². The molecule has 0 saturated carbocycles. The Bertz CT molecular complexity index is 909. The predicted octanol–water partition coefficient (Wildman–Crippen LogP) is 7.88. The topological polar surface area (TPSA) is 17.1 Å². The van der Waals surface area contributed by atoms with Crippen molar-refractivity contribution in [3.05, 3.63) is 58.3 Å². The third-order valence-electron chi connectivity index (χ3n) is 5.46. The summed E-state index contributed by atoms with van der Waals surface area (Å²) in [6, 6.07) is 14.4. The Morgan fingerprint density at radius 3 is 2.07 bits per heavy atom. The van der Waals surface area contributed by atoms with Crippen LogP contribution in [-0.2, 0) is 6.42 Å². The number of aryl methyl sites for hydroxylation is 1. The molecule has 0 aliphatic rings. The van der Waals surface area contributed by atoms with Gasteiger partial charge in [0, 0.05) is 20.2 Å². The minimum Gasteiger partial charge on any atom is -0.289 e. The molecule has 3 rings (SSSR count). The first-order valence-electron chi connectivity index (χ1n) is 10.7. The second-order valence-corrected chi connectivity index (χ2v) is 8.77. The Kier molecular flexibility index (Phi) is 7.89. The highest BCUT2D eigenvalue weighted by Crippen LogP contribution is 2.25. The number of benzene rings is 2. The van der Waals surface area contributed by atoms with Gasteiger partial charge in [-0.3, -0.25) is 4.79 Å². The Morgan fingerprint density at radius 2 is 1.33 bits per heavy atom. The summed E-state index contributed by atoms with van der Waals surface area (Å²) in [5.41, 5.74) is 1.49. The minimum atomic E-state index is 0.185. The van der Waals surface area contributed by atoms with Crippen LogP contribution < -0.4 is 5.43 Å². The van der Waals surface area contributed by atoms with E-state index in [9.17, 15) is 4.79 Å². The molecule has 0 atom stereocenters. The maximum Gasteiger partial charge on any atom is 0.195 e. The van der Waals surface area contributed by atoms with Gasteiger partial charge in [-0.1, -0.05) is 82.9 Å². The van der Waals surface area contributed by atoms with E-state index in [2.05, 4.69) is 25.1 Å².